The largest absolute Gasteiger partial charge is 0.490 e. The summed E-state index contributed by atoms with van der Waals surface area (Å²) in [6, 6.07) is 11.1. The van der Waals surface area contributed by atoms with E-state index in [4.69, 9.17) is 26.5 Å². The number of esters is 1. The number of benzene rings is 2. The fraction of sp³-hybridized carbons (Fsp3) is 0.174. The standard InChI is InChI=1S/C23H19ClN4O6S2/c1-3-33-18-12-13(9-10-17(18)34-21(30)14-7-5-6-8-16(14)24)11-15-19(25)28-22(26-20(15)29)35-23(27-28)36(31,32)4-2/h5-12,25H,3-4H2,1-2H3/b15-11+,25-19?. The molecular weight excluding hydrogens is 528 g/mol. The second-order valence-electron chi connectivity index (χ2n) is 7.30. The highest BCUT2D eigenvalue weighted by Gasteiger charge is 2.39. The number of thioether (sulfide) groups is 1. The van der Waals surface area contributed by atoms with E-state index in [-0.39, 0.29) is 55.4 Å². The lowest BCUT2D eigenvalue weighted by atomic mass is 10.1. The number of rotatable bonds is 6. The zero-order valence-corrected chi connectivity index (χ0v) is 21.4. The molecular formula is C23H19ClN4O6S2. The van der Waals surface area contributed by atoms with Crippen LogP contribution in [0.4, 0.5) is 0 Å². The summed E-state index contributed by atoms with van der Waals surface area (Å²) in [6.45, 7) is 3.50. The van der Waals surface area contributed by atoms with Crippen molar-refractivity contribution in [2.45, 2.75) is 13.8 Å². The molecule has 0 saturated carbocycles. The molecule has 2 aromatic carbocycles. The van der Waals surface area contributed by atoms with Gasteiger partial charge in [0, 0.05) is 0 Å². The van der Waals surface area contributed by atoms with Gasteiger partial charge in [-0.1, -0.05) is 36.7 Å². The highest BCUT2D eigenvalue weighted by atomic mass is 35.5. The molecule has 36 heavy (non-hydrogen) atoms. The molecule has 0 atom stereocenters. The van der Waals surface area contributed by atoms with E-state index in [9.17, 15) is 18.0 Å². The van der Waals surface area contributed by atoms with Gasteiger partial charge in [0.15, 0.2) is 17.3 Å². The van der Waals surface area contributed by atoms with Crippen LogP contribution in [0, 0.1) is 5.41 Å². The van der Waals surface area contributed by atoms with Crippen molar-refractivity contribution >= 4 is 66.5 Å². The van der Waals surface area contributed by atoms with Crippen LogP contribution in [0.2, 0.25) is 5.02 Å². The van der Waals surface area contributed by atoms with Gasteiger partial charge < -0.3 is 9.47 Å². The van der Waals surface area contributed by atoms with Crippen molar-refractivity contribution in [3.05, 3.63) is 64.2 Å². The van der Waals surface area contributed by atoms with E-state index in [1.54, 1.807) is 37.3 Å². The number of hydrogen-bond acceptors (Lipinski definition) is 9. The minimum Gasteiger partial charge on any atom is -0.490 e. The molecule has 0 spiro atoms. The number of carbonyl (C=O) groups excluding carboxylic acids is 2. The quantitative estimate of drug-likeness (QED) is 0.326. The Kier molecular flexibility index (Phi) is 7.29. The molecule has 0 unspecified atom stereocenters. The lowest BCUT2D eigenvalue weighted by Gasteiger charge is -2.20. The molecule has 2 aromatic rings. The molecule has 1 amide bonds. The fourth-order valence-corrected chi connectivity index (χ4v) is 5.52. The number of carbonyl (C=O) groups is 2. The number of fused-ring (bicyclic) bond motifs is 1. The summed E-state index contributed by atoms with van der Waals surface area (Å²) >= 11 is 6.81. The summed E-state index contributed by atoms with van der Waals surface area (Å²) in [5.41, 5.74) is 0.553. The first-order valence-corrected chi connectivity index (χ1v) is 13.5. The Morgan fingerprint density at radius 1 is 1.19 bits per heavy atom. The van der Waals surface area contributed by atoms with Crippen LogP contribution in [0.5, 0.6) is 11.5 Å². The molecule has 2 aliphatic rings. The molecule has 0 saturated heterocycles. The number of hydrazone groups is 1. The van der Waals surface area contributed by atoms with Crippen molar-refractivity contribution in [3.8, 4) is 11.5 Å². The van der Waals surface area contributed by atoms with Crippen molar-refractivity contribution in [1.29, 1.82) is 5.41 Å². The van der Waals surface area contributed by atoms with Gasteiger partial charge in [0.2, 0.25) is 19.4 Å². The average molecular weight is 547 g/mol. The van der Waals surface area contributed by atoms with Gasteiger partial charge in [-0.15, -0.1) is 5.10 Å². The van der Waals surface area contributed by atoms with Crippen LogP contribution in [0.3, 0.4) is 0 Å². The third kappa shape index (κ3) is 5.06. The van der Waals surface area contributed by atoms with E-state index in [0.29, 0.717) is 5.56 Å². The average Bonchev–Trinajstić information content (AvgIpc) is 3.29. The monoisotopic (exact) mass is 546 g/mol. The van der Waals surface area contributed by atoms with Crippen LogP contribution in [-0.4, -0.2) is 53.0 Å². The Morgan fingerprint density at radius 3 is 2.64 bits per heavy atom. The Labute approximate surface area is 216 Å². The lowest BCUT2D eigenvalue weighted by Crippen LogP contribution is -2.35. The summed E-state index contributed by atoms with van der Waals surface area (Å²) in [6.07, 6.45) is 1.40. The third-order valence-electron chi connectivity index (χ3n) is 4.96. The number of aliphatic imine (C=N–C) groups is 1. The summed E-state index contributed by atoms with van der Waals surface area (Å²) in [7, 11) is -3.63. The molecule has 4 rings (SSSR count). The highest BCUT2D eigenvalue weighted by Crippen LogP contribution is 2.33. The molecule has 0 fully saturated rings. The number of nitrogens with one attached hydrogen (secondary N) is 1. The number of amides is 1. The predicted molar refractivity (Wildman–Crippen MR) is 138 cm³/mol. The number of amidine groups is 2. The molecule has 1 N–H and O–H groups in total. The van der Waals surface area contributed by atoms with E-state index in [1.807, 2.05) is 0 Å². The second-order valence-corrected chi connectivity index (χ2v) is 11.1. The smallest absolute Gasteiger partial charge is 0.345 e. The van der Waals surface area contributed by atoms with Gasteiger partial charge >= 0.3 is 5.97 Å². The summed E-state index contributed by atoms with van der Waals surface area (Å²) in [5.74, 6) is -1.48. The van der Waals surface area contributed by atoms with Crippen LogP contribution >= 0.6 is 23.4 Å². The zero-order valence-electron chi connectivity index (χ0n) is 19.0. The Morgan fingerprint density at radius 2 is 1.94 bits per heavy atom. The molecule has 10 nitrogen and oxygen atoms in total. The van der Waals surface area contributed by atoms with E-state index in [1.165, 1.54) is 25.1 Å². The van der Waals surface area contributed by atoms with Crippen LogP contribution in [0.15, 0.2) is 58.1 Å². The Balaban J connectivity index is 1.63. The molecule has 0 radical (unpaired) electrons. The normalized spacial score (nSPS) is 16.5. The zero-order chi connectivity index (χ0) is 26.0. The van der Waals surface area contributed by atoms with E-state index in [0.717, 1.165) is 16.8 Å². The van der Waals surface area contributed by atoms with Crippen LogP contribution in [0.1, 0.15) is 29.8 Å². The first-order chi connectivity index (χ1) is 17.1. The van der Waals surface area contributed by atoms with Gasteiger partial charge in [-0.2, -0.15) is 10.0 Å². The topological polar surface area (TPSA) is 139 Å². The van der Waals surface area contributed by atoms with Crippen LogP contribution < -0.4 is 9.47 Å². The van der Waals surface area contributed by atoms with Crippen molar-refractivity contribution in [3.63, 3.8) is 0 Å². The van der Waals surface area contributed by atoms with Crippen LogP contribution in [-0.2, 0) is 14.6 Å². The third-order valence-corrected chi connectivity index (χ3v) is 8.38. The number of sulfone groups is 1. The first-order valence-electron chi connectivity index (χ1n) is 10.6. The van der Waals surface area contributed by atoms with Gasteiger partial charge in [-0.3, -0.25) is 10.2 Å². The predicted octanol–water partition coefficient (Wildman–Crippen LogP) is 3.97. The Hall–Kier alpha value is -3.48. The van der Waals surface area contributed by atoms with Gasteiger partial charge in [0.1, 0.15) is 0 Å². The molecule has 0 aliphatic carbocycles. The maximum absolute atomic E-state index is 12.6. The highest BCUT2D eigenvalue weighted by molar-refractivity contribution is 8.42. The number of ether oxygens (including phenoxy) is 2. The SMILES string of the molecule is CCOc1cc(/C=C2\C(=N)N3N=C(S(=O)(=O)CC)SC3=NC2=O)ccc1OC(=O)c1ccccc1Cl. The minimum atomic E-state index is -3.63. The van der Waals surface area contributed by atoms with Crippen molar-refractivity contribution in [2.75, 3.05) is 12.4 Å². The number of nitrogens with zero attached hydrogens (tertiary/aromatic N) is 3. The number of halogens is 1. The molecule has 186 valence electrons. The minimum absolute atomic E-state index is 0.00557. The van der Waals surface area contributed by atoms with E-state index >= 15 is 0 Å². The van der Waals surface area contributed by atoms with Gasteiger partial charge in [-0.25, -0.2) is 13.2 Å². The lowest BCUT2D eigenvalue weighted by molar-refractivity contribution is -0.114. The van der Waals surface area contributed by atoms with Crippen molar-refractivity contribution in [2.24, 2.45) is 10.1 Å². The molecule has 13 heteroatoms. The van der Waals surface area contributed by atoms with Gasteiger partial charge in [0.05, 0.1) is 28.5 Å². The molecule has 0 aromatic heterocycles. The molecule has 0 bridgehead atoms. The maximum Gasteiger partial charge on any atom is 0.345 e. The van der Waals surface area contributed by atoms with Gasteiger partial charge in [0.25, 0.3) is 5.91 Å². The Bertz CT molecular complexity index is 1480. The number of hydrogen-bond donors (Lipinski definition) is 1. The van der Waals surface area contributed by atoms with Crippen LogP contribution in [0.25, 0.3) is 6.08 Å². The maximum atomic E-state index is 12.6. The van der Waals surface area contributed by atoms with Gasteiger partial charge in [-0.05, 0) is 54.6 Å². The van der Waals surface area contributed by atoms with Crippen molar-refractivity contribution in [1.82, 2.24) is 5.01 Å². The fourth-order valence-electron chi connectivity index (χ4n) is 3.14. The van der Waals surface area contributed by atoms with Crippen molar-refractivity contribution < 1.29 is 27.5 Å². The summed E-state index contributed by atoms with van der Waals surface area (Å²) in [5, 5.41) is 13.7. The summed E-state index contributed by atoms with van der Waals surface area (Å²) < 4.78 is 35.2. The van der Waals surface area contributed by atoms with E-state index < -0.39 is 21.7 Å². The first kappa shape index (κ1) is 25.6. The molecule has 2 aliphatic heterocycles. The second kappa shape index (κ2) is 10.2. The molecule has 2 heterocycles. The summed E-state index contributed by atoms with van der Waals surface area (Å²) in [4.78, 5) is 29.1. The van der Waals surface area contributed by atoms with E-state index in [2.05, 4.69) is 10.1 Å².